The van der Waals surface area contributed by atoms with Crippen molar-refractivity contribution in [3.63, 3.8) is 0 Å². The lowest BCUT2D eigenvalue weighted by Gasteiger charge is -2.35. The van der Waals surface area contributed by atoms with Gasteiger partial charge in [0.25, 0.3) is 5.91 Å². The Bertz CT molecular complexity index is 1750. The van der Waals surface area contributed by atoms with E-state index in [9.17, 15) is 40.8 Å². The number of ether oxygens (including phenoxy) is 2. The van der Waals surface area contributed by atoms with Crippen molar-refractivity contribution in [2.45, 2.75) is 126 Å². The lowest BCUT2D eigenvalue weighted by Crippen LogP contribution is -2.60. The Morgan fingerprint density at radius 3 is 2.42 bits per heavy atom. The number of nitrogens with one attached hydrogen (secondary N) is 3. The fourth-order valence-electron chi connectivity index (χ4n) is 7.18. The highest BCUT2D eigenvalue weighted by Gasteiger charge is 2.67. The maximum Gasteiger partial charge on any atom is 0.408 e. The number of alkyl halides is 2. The summed E-state index contributed by atoms with van der Waals surface area (Å²) in [6.45, 7) is 5.13. The molecule has 18 heteroatoms. The average Bonchev–Trinajstić information content (AvgIpc) is 4.02. The van der Waals surface area contributed by atoms with E-state index in [0.717, 1.165) is 24.2 Å². The first kappa shape index (κ1) is 38.6. The van der Waals surface area contributed by atoms with Crippen molar-refractivity contribution in [2.24, 2.45) is 16.5 Å². The molecule has 6 rings (SSSR count). The molecule has 1 aromatic rings. The van der Waals surface area contributed by atoms with Crippen LogP contribution in [0.5, 0.6) is 5.75 Å². The Morgan fingerprint density at radius 2 is 1.77 bits per heavy atom. The van der Waals surface area contributed by atoms with E-state index >= 15 is 0 Å². The maximum absolute atomic E-state index is 14.4. The minimum atomic E-state index is -4.14. The second kappa shape index (κ2) is 15.0. The monoisotopic (exact) mass is 769 g/mol. The van der Waals surface area contributed by atoms with Gasteiger partial charge in [0.1, 0.15) is 41.4 Å². The fraction of sp³-hybridized carbons (Fsp3) is 0.686. The number of fused-ring (bicyclic) bond motifs is 1. The van der Waals surface area contributed by atoms with Crippen molar-refractivity contribution in [3.05, 3.63) is 29.6 Å². The summed E-state index contributed by atoms with van der Waals surface area (Å²) in [5, 5.41) is 8.45. The van der Waals surface area contributed by atoms with Gasteiger partial charge in [0.2, 0.25) is 28.3 Å². The molecule has 0 bridgehead atoms. The summed E-state index contributed by atoms with van der Waals surface area (Å²) in [6.07, 6.45) is -0.716. The van der Waals surface area contributed by atoms with Crippen LogP contribution >= 0.6 is 0 Å². The van der Waals surface area contributed by atoms with Crippen molar-refractivity contribution in [1.29, 1.82) is 0 Å². The molecule has 292 valence electrons. The number of hydrogen-bond donors (Lipinski definition) is 3. The van der Waals surface area contributed by atoms with Gasteiger partial charge >= 0.3 is 6.09 Å². The molecule has 2 heterocycles. The zero-order chi connectivity index (χ0) is 38.3. The molecule has 4 amide bonds. The van der Waals surface area contributed by atoms with E-state index in [0.29, 0.717) is 42.7 Å². The van der Waals surface area contributed by atoms with Crippen LogP contribution in [-0.2, 0) is 34.0 Å². The van der Waals surface area contributed by atoms with Crippen LogP contribution in [-0.4, -0.2) is 97.5 Å². The minimum absolute atomic E-state index is 0.207. The number of carbonyl (C=O) groups is 4. The molecule has 5 atom stereocenters. The summed E-state index contributed by atoms with van der Waals surface area (Å²) in [7, 11) is -4.14. The highest BCUT2D eigenvalue weighted by atomic mass is 32.2. The van der Waals surface area contributed by atoms with Gasteiger partial charge in [-0.05, 0) is 68.6 Å². The maximum atomic E-state index is 14.4. The smallest absolute Gasteiger partial charge is 0.408 e. The predicted octanol–water partition coefficient (Wildman–Crippen LogP) is 3.52. The topological polar surface area (TPSA) is 182 Å². The number of nitrogens with zero attached hydrogens (tertiary/aromatic N) is 2. The standard InChI is InChI=1S/C35H46F3N5O9S/c1-34(2,3)28(39-33(47)51-20-7-5-4-6-8-20)31(45)43-18-21(52-41-25-13-14-50-27-12-9-19(36)15-23(25)27)16-26(43)30(44)40-35(17-24(35)29(37)38)32(46)42-53(48,49)22-10-11-22/h9,12,15,20-22,24,26,28-29H,4-8,10-11,13-14,16-18H2,1-3H3,(H,39,47)(H,40,44)(H,42,46)/b41-25-/t21-,24+,26+,28-,35+/m1/s1. The molecule has 5 aliphatic rings. The molecule has 2 aliphatic heterocycles. The van der Waals surface area contributed by atoms with Crippen LogP contribution in [0.15, 0.2) is 23.4 Å². The number of likely N-dealkylation sites (tertiary alicyclic amines) is 1. The SMILES string of the molecule is CC(C)(C)[C@H](NC(=O)OC1CCCCC1)C(=O)N1C[C@H](O/N=C2/CCOc3ccc(F)cc32)C[C@H]1C(=O)N[C@@]1(C(=O)NS(=O)(=O)C2CC2)C[C@H]1C(F)F. The summed E-state index contributed by atoms with van der Waals surface area (Å²) in [5.41, 5.74) is -2.41. The zero-order valence-electron chi connectivity index (χ0n) is 29.9. The van der Waals surface area contributed by atoms with E-state index in [1.165, 1.54) is 18.2 Å². The first-order chi connectivity index (χ1) is 25.0. The van der Waals surface area contributed by atoms with Gasteiger partial charge in [0, 0.05) is 18.4 Å². The van der Waals surface area contributed by atoms with Gasteiger partial charge in [0.05, 0.1) is 30.0 Å². The van der Waals surface area contributed by atoms with E-state index in [1.54, 1.807) is 20.8 Å². The van der Waals surface area contributed by atoms with Crippen molar-refractivity contribution in [3.8, 4) is 5.75 Å². The molecule has 14 nitrogen and oxygen atoms in total. The number of benzene rings is 1. The largest absolute Gasteiger partial charge is 0.492 e. The molecule has 3 saturated carbocycles. The first-order valence-corrected chi connectivity index (χ1v) is 19.6. The Hall–Kier alpha value is -4.09. The van der Waals surface area contributed by atoms with Crippen molar-refractivity contribution < 1.29 is 55.1 Å². The van der Waals surface area contributed by atoms with E-state index in [2.05, 4.69) is 15.8 Å². The molecule has 3 aliphatic carbocycles. The number of amides is 4. The molecule has 4 fully saturated rings. The Labute approximate surface area is 305 Å². The second-order valence-electron chi connectivity index (χ2n) is 15.6. The fourth-order valence-corrected chi connectivity index (χ4v) is 8.55. The van der Waals surface area contributed by atoms with Crippen LogP contribution in [0.3, 0.4) is 0 Å². The van der Waals surface area contributed by atoms with Crippen molar-refractivity contribution in [2.75, 3.05) is 13.2 Å². The normalized spacial score (nSPS) is 27.3. The third kappa shape index (κ3) is 8.67. The van der Waals surface area contributed by atoms with Crippen molar-refractivity contribution in [1.82, 2.24) is 20.3 Å². The molecule has 53 heavy (non-hydrogen) atoms. The molecule has 0 radical (unpaired) electrons. The predicted molar refractivity (Wildman–Crippen MR) is 183 cm³/mol. The van der Waals surface area contributed by atoms with Crippen LogP contribution in [0, 0.1) is 17.2 Å². The van der Waals surface area contributed by atoms with Gasteiger partial charge in [-0.15, -0.1) is 0 Å². The van der Waals surface area contributed by atoms with Gasteiger partial charge in [-0.25, -0.2) is 26.4 Å². The van der Waals surface area contributed by atoms with E-state index in [-0.39, 0.29) is 32.1 Å². The third-order valence-electron chi connectivity index (χ3n) is 10.5. The summed E-state index contributed by atoms with van der Waals surface area (Å²) in [4.78, 5) is 61.8. The van der Waals surface area contributed by atoms with E-state index < -0.39 is 92.8 Å². The van der Waals surface area contributed by atoms with Crippen LogP contribution in [0.2, 0.25) is 0 Å². The molecule has 3 N–H and O–H groups in total. The van der Waals surface area contributed by atoms with Crippen LogP contribution in [0.25, 0.3) is 0 Å². The van der Waals surface area contributed by atoms with Gasteiger partial charge in [0.15, 0.2) is 0 Å². The molecule has 0 aromatic heterocycles. The van der Waals surface area contributed by atoms with Crippen LogP contribution in [0.4, 0.5) is 18.0 Å². The average molecular weight is 770 g/mol. The summed E-state index contributed by atoms with van der Waals surface area (Å²) < 4.78 is 80.4. The molecule has 1 aromatic carbocycles. The number of rotatable bonds is 11. The van der Waals surface area contributed by atoms with E-state index in [4.69, 9.17) is 14.3 Å². The molecular weight excluding hydrogens is 723 g/mol. The molecule has 1 saturated heterocycles. The molecule has 0 spiro atoms. The molecular formula is C35H46F3N5O9S. The second-order valence-corrected chi connectivity index (χ2v) is 17.6. The quantitative estimate of drug-likeness (QED) is 0.284. The summed E-state index contributed by atoms with van der Waals surface area (Å²) in [6, 6.07) is 1.31. The highest BCUT2D eigenvalue weighted by Crippen LogP contribution is 2.48. The number of halogens is 3. The number of sulfonamides is 1. The number of hydrogen-bond acceptors (Lipinski definition) is 10. The Balaban J connectivity index is 1.25. The lowest BCUT2D eigenvalue weighted by molar-refractivity contribution is -0.143. The number of carbonyl (C=O) groups excluding carboxylic acids is 4. The van der Waals surface area contributed by atoms with Gasteiger partial charge < -0.3 is 29.8 Å². The minimum Gasteiger partial charge on any atom is -0.492 e. The molecule has 0 unspecified atom stereocenters. The van der Waals surface area contributed by atoms with E-state index in [1.807, 2.05) is 4.72 Å². The Morgan fingerprint density at radius 1 is 1.06 bits per heavy atom. The Kier molecular flexibility index (Phi) is 10.9. The van der Waals surface area contributed by atoms with Crippen LogP contribution in [0.1, 0.15) is 90.5 Å². The van der Waals surface area contributed by atoms with Gasteiger partial charge in [-0.1, -0.05) is 32.3 Å². The van der Waals surface area contributed by atoms with Gasteiger partial charge in [-0.2, -0.15) is 0 Å². The van der Waals surface area contributed by atoms with Crippen LogP contribution < -0.4 is 20.1 Å². The van der Waals surface area contributed by atoms with Gasteiger partial charge in [-0.3, -0.25) is 19.1 Å². The first-order valence-electron chi connectivity index (χ1n) is 18.1. The third-order valence-corrected chi connectivity index (χ3v) is 12.3. The number of alkyl carbamates (subject to hydrolysis) is 1. The summed E-state index contributed by atoms with van der Waals surface area (Å²) >= 11 is 0. The zero-order valence-corrected chi connectivity index (χ0v) is 30.7. The number of oxime groups is 1. The van der Waals surface area contributed by atoms with Crippen molar-refractivity contribution >= 4 is 39.5 Å². The lowest BCUT2D eigenvalue weighted by atomic mass is 9.85. The summed E-state index contributed by atoms with van der Waals surface area (Å²) in [5.74, 6) is -4.77. The highest BCUT2D eigenvalue weighted by molar-refractivity contribution is 7.91.